The zero-order valence-corrected chi connectivity index (χ0v) is 12.1. The number of amides is 1. The third-order valence-electron chi connectivity index (χ3n) is 2.78. The smallest absolute Gasteiger partial charge is 0.250 e. The summed E-state index contributed by atoms with van der Waals surface area (Å²) in [5.74, 6) is -0.0220. The maximum Gasteiger partial charge on any atom is 0.250 e. The molecule has 0 aliphatic rings. The van der Waals surface area contributed by atoms with Crippen LogP contribution in [0.5, 0.6) is 0 Å². The van der Waals surface area contributed by atoms with Gasteiger partial charge in [0.15, 0.2) is 5.82 Å². The number of hydrogen-bond acceptors (Lipinski definition) is 4. The minimum absolute atomic E-state index is 0.167. The Morgan fingerprint density at radius 2 is 2.09 bits per heavy atom. The first-order valence-electron chi connectivity index (χ1n) is 6.41. The Balaban J connectivity index is 1.66. The molecule has 0 aliphatic carbocycles. The Kier molecular flexibility index (Phi) is 4.06. The number of thiophene rings is 1. The second kappa shape index (κ2) is 6.31. The highest BCUT2D eigenvalue weighted by Gasteiger charge is 2.07. The standard InChI is InChI=1S/C15H11FN4OS/c16-11-5-3-10(4-6-11)14-18-15(20-19-14)17-13(21)8-7-12-2-1-9-22-12/h1-9H,(H2,17,18,19,20,21). The highest BCUT2D eigenvalue weighted by atomic mass is 32.1. The third kappa shape index (κ3) is 3.44. The molecule has 0 bridgehead atoms. The predicted molar refractivity (Wildman–Crippen MR) is 83.8 cm³/mol. The van der Waals surface area contributed by atoms with E-state index in [0.717, 1.165) is 4.88 Å². The third-order valence-corrected chi connectivity index (χ3v) is 3.62. The summed E-state index contributed by atoms with van der Waals surface area (Å²) < 4.78 is 12.9. The van der Waals surface area contributed by atoms with Crippen molar-refractivity contribution in [1.82, 2.24) is 15.2 Å². The van der Waals surface area contributed by atoms with E-state index < -0.39 is 0 Å². The van der Waals surface area contributed by atoms with Crippen molar-refractivity contribution in [3.63, 3.8) is 0 Å². The lowest BCUT2D eigenvalue weighted by atomic mass is 10.2. The molecule has 1 amide bonds. The van der Waals surface area contributed by atoms with E-state index >= 15 is 0 Å². The normalized spacial score (nSPS) is 11.0. The van der Waals surface area contributed by atoms with Gasteiger partial charge in [-0.15, -0.1) is 16.4 Å². The van der Waals surface area contributed by atoms with Crippen molar-refractivity contribution >= 4 is 29.3 Å². The van der Waals surface area contributed by atoms with E-state index in [9.17, 15) is 9.18 Å². The molecule has 2 N–H and O–H groups in total. The molecular formula is C15H11FN4OS. The van der Waals surface area contributed by atoms with Crippen molar-refractivity contribution in [1.29, 1.82) is 0 Å². The maximum absolute atomic E-state index is 12.9. The van der Waals surface area contributed by atoms with Crippen molar-refractivity contribution in [2.45, 2.75) is 0 Å². The van der Waals surface area contributed by atoms with Gasteiger partial charge >= 0.3 is 0 Å². The number of benzene rings is 1. The van der Waals surface area contributed by atoms with Crippen LogP contribution in [-0.4, -0.2) is 21.1 Å². The highest BCUT2D eigenvalue weighted by molar-refractivity contribution is 7.10. The summed E-state index contributed by atoms with van der Waals surface area (Å²) in [6, 6.07) is 9.65. The molecule has 1 aromatic carbocycles. The van der Waals surface area contributed by atoms with E-state index in [4.69, 9.17) is 0 Å². The van der Waals surface area contributed by atoms with E-state index in [1.807, 2.05) is 17.5 Å². The lowest BCUT2D eigenvalue weighted by molar-refractivity contribution is -0.111. The minimum atomic E-state index is -0.324. The van der Waals surface area contributed by atoms with Crippen molar-refractivity contribution < 1.29 is 9.18 Å². The van der Waals surface area contributed by atoms with Gasteiger partial charge in [-0.25, -0.2) is 4.39 Å². The Bertz CT molecular complexity index is 793. The van der Waals surface area contributed by atoms with E-state index in [0.29, 0.717) is 11.4 Å². The molecule has 7 heteroatoms. The fourth-order valence-corrected chi connectivity index (χ4v) is 2.37. The summed E-state index contributed by atoms with van der Waals surface area (Å²) in [6.45, 7) is 0. The summed E-state index contributed by atoms with van der Waals surface area (Å²) >= 11 is 1.54. The molecule has 2 heterocycles. The molecule has 2 aromatic heterocycles. The van der Waals surface area contributed by atoms with Gasteiger partial charge in [-0.05, 0) is 41.8 Å². The van der Waals surface area contributed by atoms with Crippen LogP contribution in [-0.2, 0) is 4.79 Å². The number of aromatic amines is 1. The van der Waals surface area contributed by atoms with Crippen LogP contribution in [0.1, 0.15) is 4.88 Å². The molecule has 0 saturated carbocycles. The zero-order valence-electron chi connectivity index (χ0n) is 11.3. The molecule has 110 valence electrons. The number of anilines is 1. The fourth-order valence-electron chi connectivity index (χ4n) is 1.75. The number of rotatable bonds is 4. The van der Waals surface area contributed by atoms with Gasteiger partial charge in [-0.3, -0.25) is 15.2 Å². The summed E-state index contributed by atoms with van der Waals surface area (Å²) in [5, 5.41) is 11.1. The first-order valence-corrected chi connectivity index (χ1v) is 7.29. The Labute approximate surface area is 129 Å². The van der Waals surface area contributed by atoms with Crippen molar-refractivity contribution in [2.75, 3.05) is 5.32 Å². The maximum atomic E-state index is 12.9. The average Bonchev–Trinajstić information content (AvgIpc) is 3.17. The molecule has 5 nitrogen and oxygen atoms in total. The van der Waals surface area contributed by atoms with Crippen LogP contribution in [0.25, 0.3) is 17.5 Å². The lowest BCUT2D eigenvalue weighted by Crippen LogP contribution is -2.08. The van der Waals surface area contributed by atoms with Crippen LogP contribution in [0.3, 0.4) is 0 Å². The molecule has 0 atom stereocenters. The summed E-state index contributed by atoms with van der Waals surface area (Å²) in [6.07, 6.45) is 3.13. The molecule has 3 aromatic rings. The Morgan fingerprint density at radius 3 is 2.82 bits per heavy atom. The predicted octanol–water partition coefficient (Wildman–Crippen LogP) is 3.32. The van der Waals surface area contributed by atoms with Crippen molar-refractivity contribution in [2.24, 2.45) is 0 Å². The fraction of sp³-hybridized carbons (Fsp3) is 0. The minimum Gasteiger partial charge on any atom is -0.290 e. The van der Waals surface area contributed by atoms with Crippen molar-refractivity contribution in [3.05, 3.63) is 58.5 Å². The summed E-state index contributed by atoms with van der Waals surface area (Å²) in [5.41, 5.74) is 0.684. The Hall–Kier alpha value is -2.80. The lowest BCUT2D eigenvalue weighted by Gasteiger charge is -1.95. The van der Waals surface area contributed by atoms with Gasteiger partial charge in [0.1, 0.15) is 5.82 Å². The summed E-state index contributed by atoms with van der Waals surface area (Å²) in [4.78, 5) is 16.9. The number of H-pyrrole nitrogens is 1. The van der Waals surface area contributed by atoms with Crippen LogP contribution in [0.15, 0.2) is 47.9 Å². The Morgan fingerprint density at radius 1 is 1.27 bits per heavy atom. The number of nitrogens with one attached hydrogen (secondary N) is 2. The van der Waals surface area contributed by atoms with Gasteiger partial charge in [0, 0.05) is 16.5 Å². The molecule has 0 saturated heterocycles. The van der Waals surface area contributed by atoms with Crippen LogP contribution < -0.4 is 5.32 Å². The molecule has 0 spiro atoms. The number of carbonyl (C=O) groups excluding carboxylic acids is 1. The van der Waals surface area contributed by atoms with Gasteiger partial charge < -0.3 is 0 Å². The van der Waals surface area contributed by atoms with Gasteiger partial charge in [-0.1, -0.05) is 6.07 Å². The van der Waals surface area contributed by atoms with Crippen LogP contribution in [0, 0.1) is 5.82 Å². The van der Waals surface area contributed by atoms with Gasteiger partial charge in [0.2, 0.25) is 5.95 Å². The molecule has 0 aliphatic heterocycles. The highest BCUT2D eigenvalue weighted by Crippen LogP contribution is 2.16. The number of carbonyl (C=O) groups is 1. The molecule has 22 heavy (non-hydrogen) atoms. The molecule has 0 fully saturated rings. The quantitative estimate of drug-likeness (QED) is 0.726. The van der Waals surface area contributed by atoms with Crippen LogP contribution in [0.4, 0.5) is 10.3 Å². The summed E-state index contributed by atoms with van der Waals surface area (Å²) in [7, 11) is 0. The van der Waals surface area contributed by atoms with E-state index in [-0.39, 0.29) is 17.7 Å². The average molecular weight is 314 g/mol. The van der Waals surface area contributed by atoms with Gasteiger partial charge in [0.05, 0.1) is 0 Å². The second-order valence-electron chi connectivity index (χ2n) is 4.35. The first kappa shape index (κ1) is 14.2. The van der Waals surface area contributed by atoms with Crippen LogP contribution in [0.2, 0.25) is 0 Å². The van der Waals surface area contributed by atoms with Gasteiger partial charge in [-0.2, -0.15) is 4.98 Å². The first-order chi connectivity index (χ1) is 10.7. The van der Waals surface area contributed by atoms with Crippen LogP contribution >= 0.6 is 11.3 Å². The monoisotopic (exact) mass is 314 g/mol. The molecule has 0 unspecified atom stereocenters. The largest absolute Gasteiger partial charge is 0.290 e. The second-order valence-corrected chi connectivity index (χ2v) is 5.33. The van der Waals surface area contributed by atoms with Crippen molar-refractivity contribution in [3.8, 4) is 11.4 Å². The number of hydrogen-bond donors (Lipinski definition) is 2. The topological polar surface area (TPSA) is 70.7 Å². The van der Waals surface area contributed by atoms with E-state index in [1.165, 1.54) is 29.5 Å². The molecular weight excluding hydrogens is 303 g/mol. The number of aromatic nitrogens is 3. The van der Waals surface area contributed by atoms with E-state index in [2.05, 4.69) is 20.5 Å². The molecule has 3 rings (SSSR count). The van der Waals surface area contributed by atoms with E-state index in [1.54, 1.807) is 18.2 Å². The molecule has 0 radical (unpaired) electrons. The van der Waals surface area contributed by atoms with Gasteiger partial charge in [0.25, 0.3) is 5.91 Å². The number of nitrogens with zero attached hydrogens (tertiary/aromatic N) is 2. The zero-order chi connectivity index (χ0) is 15.4. The number of halogens is 1. The SMILES string of the molecule is O=C(C=Cc1cccs1)Nc1n[nH]c(-c2ccc(F)cc2)n1.